The minimum atomic E-state index is -0.173. The van der Waals surface area contributed by atoms with Gasteiger partial charge < -0.3 is 19.7 Å². The second-order valence-corrected chi connectivity index (χ2v) is 9.50. The average molecular weight is 492 g/mol. The number of hydrogen-bond donors (Lipinski definition) is 1. The van der Waals surface area contributed by atoms with Crippen LogP contribution in [-0.2, 0) is 7.05 Å². The number of nitrogens with zero attached hydrogens (tertiary/aromatic N) is 6. The molecule has 2 aromatic heterocycles. The topological polar surface area (TPSA) is 71.2 Å². The van der Waals surface area contributed by atoms with Crippen LogP contribution in [0.2, 0.25) is 0 Å². The van der Waals surface area contributed by atoms with E-state index in [1.807, 2.05) is 77.7 Å². The number of aryl methyl sites for hydroxylation is 1. The van der Waals surface area contributed by atoms with Gasteiger partial charge >= 0.3 is 0 Å². The lowest BCUT2D eigenvalue weighted by Gasteiger charge is -2.34. The van der Waals surface area contributed by atoms with Crippen molar-refractivity contribution in [1.29, 1.82) is 0 Å². The van der Waals surface area contributed by atoms with Crippen molar-refractivity contribution in [2.24, 2.45) is 7.05 Å². The Bertz CT molecular complexity index is 1600. The lowest BCUT2D eigenvalue weighted by atomic mass is 10.1. The minimum Gasteiger partial charge on any atom is -0.369 e. The monoisotopic (exact) mass is 491 g/mol. The lowest BCUT2D eigenvalue weighted by molar-refractivity contribution is 0.313. The zero-order valence-electron chi connectivity index (χ0n) is 21.0. The molecule has 1 N–H and O–H groups in total. The summed E-state index contributed by atoms with van der Waals surface area (Å²) < 4.78 is 3.49. The van der Waals surface area contributed by atoms with Crippen molar-refractivity contribution >= 4 is 28.2 Å². The quantitative estimate of drug-likeness (QED) is 0.396. The number of nitrogens with one attached hydrogen (secondary N) is 1. The van der Waals surface area contributed by atoms with Gasteiger partial charge in [0.1, 0.15) is 0 Å². The second-order valence-electron chi connectivity index (χ2n) is 9.50. The Morgan fingerprint density at radius 2 is 1.57 bits per heavy atom. The highest BCUT2D eigenvalue weighted by Gasteiger charge is 2.15. The fourth-order valence-electron chi connectivity index (χ4n) is 4.73. The molecular formula is C29H29N7O. The first kappa shape index (κ1) is 23.0. The number of para-hydroxylation sites is 1. The van der Waals surface area contributed by atoms with Gasteiger partial charge in [-0.05, 0) is 61.1 Å². The van der Waals surface area contributed by atoms with Crippen molar-refractivity contribution in [2.75, 3.05) is 43.4 Å². The smallest absolute Gasteiger partial charge is 0.293 e. The number of likely N-dealkylation sites (N-methyl/N-ethyl adjacent to an activating group) is 1. The van der Waals surface area contributed by atoms with Gasteiger partial charge in [0.2, 0.25) is 0 Å². The van der Waals surface area contributed by atoms with Crippen LogP contribution in [0.25, 0.3) is 27.8 Å². The van der Waals surface area contributed by atoms with Gasteiger partial charge in [-0.25, -0.2) is 9.67 Å². The molecule has 3 heterocycles. The molecule has 0 saturated carbocycles. The van der Waals surface area contributed by atoms with Crippen LogP contribution in [0.5, 0.6) is 0 Å². The first-order chi connectivity index (χ1) is 18.0. The maximum Gasteiger partial charge on any atom is 0.293 e. The predicted molar refractivity (Wildman–Crippen MR) is 149 cm³/mol. The van der Waals surface area contributed by atoms with E-state index in [1.165, 1.54) is 5.69 Å². The maximum absolute atomic E-state index is 13.2. The number of rotatable bonds is 5. The summed E-state index contributed by atoms with van der Waals surface area (Å²) in [7, 11) is 3.94. The Morgan fingerprint density at radius 1 is 0.811 bits per heavy atom. The zero-order chi connectivity index (χ0) is 25.4. The Hall–Kier alpha value is -4.43. The second kappa shape index (κ2) is 9.55. The van der Waals surface area contributed by atoms with Crippen LogP contribution < -0.4 is 15.8 Å². The summed E-state index contributed by atoms with van der Waals surface area (Å²) in [4.78, 5) is 22.6. The summed E-state index contributed by atoms with van der Waals surface area (Å²) in [6, 6.07) is 24.2. The molecule has 1 saturated heterocycles. The normalized spacial score (nSPS) is 14.3. The van der Waals surface area contributed by atoms with Gasteiger partial charge in [0.05, 0.1) is 22.9 Å². The molecule has 3 aromatic carbocycles. The van der Waals surface area contributed by atoms with E-state index in [9.17, 15) is 4.79 Å². The number of aromatic nitrogens is 4. The Kier molecular flexibility index (Phi) is 5.94. The van der Waals surface area contributed by atoms with E-state index in [-0.39, 0.29) is 5.56 Å². The van der Waals surface area contributed by atoms with Gasteiger partial charge in [-0.2, -0.15) is 5.10 Å². The van der Waals surface area contributed by atoms with E-state index in [1.54, 1.807) is 11.6 Å². The summed E-state index contributed by atoms with van der Waals surface area (Å²) in [5.74, 6) is 0.312. The summed E-state index contributed by atoms with van der Waals surface area (Å²) >= 11 is 0. The van der Waals surface area contributed by atoms with Gasteiger partial charge in [0.15, 0.2) is 5.82 Å². The molecule has 1 aliphatic rings. The maximum atomic E-state index is 13.2. The van der Waals surface area contributed by atoms with Crippen molar-refractivity contribution < 1.29 is 0 Å². The number of fused-ring (bicyclic) bond motifs is 1. The standard InChI is InChI=1S/C29H29N7O/c1-33-14-16-35(17-15-33)24-11-9-23(10-12-24)31-28-29(37)34(2)27-18-21(8-13-26(27)32-28)22-19-30-36(20-22)25-6-4-3-5-7-25/h3-13,18-20H,14-17H2,1-2H3,(H,31,32). The molecule has 0 atom stereocenters. The lowest BCUT2D eigenvalue weighted by Crippen LogP contribution is -2.44. The van der Waals surface area contributed by atoms with E-state index in [0.717, 1.165) is 59.7 Å². The molecule has 1 aliphatic heterocycles. The Balaban J connectivity index is 1.25. The number of piperazine rings is 1. The molecule has 6 rings (SSSR count). The highest BCUT2D eigenvalue weighted by atomic mass is 16.1. The SMILES string of the molecule is CN1CCN(c2ccc(Nc3nc4ccc(-c5cnn(-c6ccccc6)c5)cc4n(C)c3=O)cc2)CC1. The van der Waals surface area contributed by atoms with E-state index in [2.05, 4.69) is 44.4 Å². The zero-order valence-corrected chi connectivity index (χ0v) is 21.0. The van der Waals surface area contributed by atoms with E-state index in [4.69, 9.17) is 0 Å². The van der Waals surface area contributed by atoms with Crippen molar-refractivity contribution in [3.8, 4) is 16.8 Å². The van der Waals surface area contributed by atoms with Crippen molar-refractivity contribution in [3.05, 3.63) is 95.5 Å². The molecule has 0 unspecified atom stereocenters. The molecule has 8 heteroatoms. The van der Waals surface area contributed by atoms with E-state index >= 15 is 0 Å². The largest absolute Gasteiger partial charge is 0.369 e. The summed E-state index contributed by atoms with van der Waals surface area (Å²) in [5.41, 5.74) is 6.33. The highest BCUT2D eigenvalue weighted by Crippen LogP contribution is 2.25. The molecule has 186 valence electrons. The molecule has 0 spiro atoms. The van der Waals surface area contributed by atoms with Crippen molar-refractivity contribution in [1.82, 2.24) is 24.2 Å². The first-order valence-electron chi connectivity index (χ1n) is 12.5. The van der Waals surface area contributed by atoms with Gasteiger partial charge in [-0.3, -0.25) is 4.79 Å². The van der Waals surface area contributed by atoms with E-state index < -0.39 is 0 Å². The van der Waals surface area contributed by atoms with Crippen LogP contribution in [0.4, 0.5) is 17.2 Å². The number of hydrogen-bond acceptors (Lipinski definition) is 6. The van der Waals surface area contributed by atoms with Crippen LogP contribution in [-0.4, -0.2) is 57.5 Å². The average Bonchev–Trinajstić information content (AvgIpc) is 3.43. The number of benzene rings is 3. The molecule has 0 radical (unpaired) electrons. The van der Waals surface area contributed by atoms with Gasteiger partial charge in [-0.1, -0.05) is 24.3 Å². The fourth-order valence-corrected chi connectivity index (χ4v) is 4.73. The molecule has 8 nitrogen and oxygen atoms in total. The molecular weight excluding hydrogens is 462 g/mol. The molecule has 37 heavy (non-hydrogen) atoms. The third-order valence-corrected chi connectivity index (χ3v) is 7.01. The van der Waals surface area contributed by atoms with Gasteiger partial charge in [-0.15, -0.1) is 0 Å². The molecule has 5 aromatic rings. The third kappa shape index (κ3) is 4.59. The molecule has 0 bridgehead atoms. The Labute approximate surface area is 215 Å². The van der Waals surface area contributed by atoms with Crippen LogP contribution in [0.3, 0.4) is 0 Å². The van der Waals surface area contributed by atoms with Crippen LogP contribution in [0.15, 0.2) is 90.0 Å². The van der Waals surface area contributed by atoms with Crippen LogP contribution in [0, 0.1) is 0 Å². The van der Waals surface area contributed by atoms with Crippen molar-refractivity contribution in [2.45, 2.75) is 0 Å². The summed E-state index contributed by atoms with van der Waals surface area (Å²) in [6.45, 7) is 4.17. The third-order valence-electron chi connectivity index (χ3n) is 7.01. The molecule has 0 amide bonds. The predicted octanol–water partition coefficient (Wildman–Crippen LogP) is 4.28. The summed E-state index contributed by atoms with van der Waals surface area (Å²) in [5, 5.41) is 7.73. The highest BCUT2D eigenvalue weighted by molar-refractivity contribution is 5.83. The summed E-state index contributed by atoms with van der Waals surface area (Å²) in [6.07, 6.45) is 3.82. The van der Waals surface area contributed by atoms with Gasteiger partial charge in [0, 0.05) is 56.4 Å². The van der Waals surface area contributed by atoms with Crippen molar-refractivity contribution in [3.63, 3.8) is 0 Å². The minimum absolute atomic E-state index is 0.173. The first-order valence-corrected chi connectivity index (χ1v) is 12.5. The molecule has 0 aliphatic carbocycles. The number of anilines is 3. The Morgan fingerprint density at radius 3 is 2.32 bits per heavy atom. The van der Waals surface area contributed by atoms with Crippen LogP contribution in [0.1, 0.15) is 0 Å². The van der Waals surface area contributed by atoms with E-state index in [0.29, 0.717) is 5.82 Å². The van der Waals surface area contributed by atoms with Crippen LogP contribution >= 0.6 is 0 Å². The van der Waals surface area contributed by atoms with Gasteiger partial charge in [0.25, 0.3) is 5.56 Å². The fraction of sp³-hybridized carbons (Fsp3) is 0.207. The molecule has 1 fully saturated rings.